The largest absolute Gasteiger partial charge is 0.380 e. The normalized spacial score (nSPS) is 46.9. The van der Waals surface area contributed by atoms with Gasteiger partial charge >= 0.3 is 0 Å². The number of carbonyl (C=O) groups excluding carboxylic acids is 1. The predicted octanol–water partition coefficient (Wildman–Crippen LogP) is 2.03. The summed E-state index contributed by atoms with van der Waals surface area (Å²) in [6, 6.07) is 7.62. The quantitative estimate of drug-likeness (QED) is 0.783. The Morgan fingerprint density at radius 1 is 1.15 bits per heavy atom. The Bertz CT molecular complexity index is 700. The zero-order valence-electron chi connectivity index (χ0n) is 11.2. The van der Waals surface area contributed by atoms with Crippen LogP contribution in [0.2, 0.25) is 0 Å². The maximum Gasteiger partial charge on any atom is 0.169 e. The van der Waals surface area contributed by atoms with Crippen LogP contribution in [0, 0.1) is 16.7 Å². The van der Waals surface area contributed by atoms with Crippen molar-refractivity contribution in [3.05, 3.63) is 35.4 Å². The summed E-state index contributed by atoms with van der Waals surface area (Å²) in [7, 11) is 0. The number of ether oxygens (including phenoxy) is 1. The van der Waals surface area contributed by atoms with Crippen LogP contribution in [0.5, 0.6) is 0 Å². The van der Waals surface area contributed by atoms with E-state index in [0.717, 1.165) is 36.8 Å². The van der Waals surface area contributed by atoms with Gasteiger partial charge in [-0.2, -0.15) is 0 Å². The lowest BCUT2D eigenvalue weighted by Crippen LogP contribution is -2.86. The first kappa shape index (κ1) is 10.5. The van der Waals surface area contributed by atoms with E-state index in [1.165, 1.54) is 0 Å². The summed E-state index contributed by atoms with van der Waals surface area (Å²) >= 11 is 0. The van der Waals surface area contributed by atoms with E-state index >= 15 is 0 Å². The number of ketones is 1. The van der Waals surface area contributed by atoms with Gasteiger partial charge in [-0.05, 0) is 36.7 Å². The van der Waals surface area contributed by atoms with Gasteiger partial charge in [0.1, 0.15) is 11.2 Å². The first-order chi connectivity index (χ1) is 9.63. The van der Waals surface area contributed by atoms with Crippen molar-refractivity contribution in [1.29, 1.82) is 0 Å². The Balaban J connectivity index is 1.69. The molecule has 3 heteroatoms. The van der Waals surface area contributed by atoms with Crippen LogP contribution in [0.15, 0.2) is 24.3 Å². The van der Waals surface area contributed by atoms with Crippen LogP contribution in [0.25, 0.3) is 0 Å². The van der Waals surface area contributed by atoms with Crippen molar-refractivity contribution in [3.63, 3.8) is 0 Å². The van der Waals surface area contributed by atoms with Gasteiger partial charge in [-0.3, -0.25) is 4.79 Å². The van der Waals surface area contributed by atoms with E-state index in [-0.39, 0.29) is 22.5 Å². The predicted molar refractivity (Wildman–Crippen MR) is 70.2 cm³/mol. The number of carbonyl (C=O) groups is 1. The first-order valence-electron chi connectivity index (χ1n) is 7.63. The minimum Gasteiger partial charge on any atom is -0.380 e. The van der Waals surface area contributed by atoms with E-state index in [1.807, 2.05) is 24.3 Å². The number of hydrogen-bond acceptors (Lipinski definition) is 3. The van der Waals surface area contributed by atoms with Crippen molar-refractivity contribution in [1.82, 2.24) is 0 Å². The molecule has 0 radical (unpaired) electrons. The fourth-order valence-electron chi connectivity index (χ4n) is 6.28. The number of aliphatic hydroxyl groups is 1. The van der Waals surface area contributed by atoms with Crippen LogP contribution >= 0.6 is 0 Å². The molecule has 102 valence electrons. The van der Waals surface area contributed by atoms with Crippen molar-refractivity contribution in [3.8, 4) is 0 Å². The number of benzene rings is 1. The number of fused-ring (bicyclic) bond motifs is 4. The van der Waals surface area contributed by atoms with Gasteiger partial charge in [-0.25, -0.2) is 0 Å². The summed E-state index contributed by atoms with van der Waals surface area (Å²) in [4.78, 5) is 13.0. The van der Waals surface area contributed by atoms with Crippen molar-refractivity contribution in [2.45, 2.75) is 36.9 Å². The second-order valence-electron chi connectivity index (χ2n) is 7.47. The molecule has 1 N–H and O–H groups in total. The molecule has 6 rings (SSSR count). The van der Waals surface area contributed by atoms with Crippen LogP contribution in [0.1, 0.15) is 41.6 Å². The summed E-state index contributed by atoms with van der Waals surface area (Å²) in [5, 5.41) is 11.3. The van der Waals surface area contributed by atoms with Crippen LogP contribution in [-0.4, -0.2) is 23.1 Å². The summed E-state index contributed by atoms with van der Waals surface area (Å²) in [5.74, 6) is 0.131. The van der Waals surface area contributed by atoms with Crippen LogP contribution in [0.3, 0.4) is 0 Å². The lowest BCUT2D eigenvalue weighted by atomic mass is 9.36. The lowest BCUT2D eigenvalue weighted by Gasteiger charge is -2.75. The second-order valence-corrected chi connectivity index (χ2v) is 7.47. The highest BCUT2D eigenvalue weighted by molar-refractivity contribution is 6.05. The number of rotatable bonds is 0. The van der Waals surface area contributed by atoms with E-state index in [2.05, 4.69) is 0 Å². The standard InChI is InChI=1S/C17H16O3/c18-12-10-3-1-2-4-11(10)16(19)9-20-17(16)13(12)14(5-6-14)15(17)7-8-15/h1-4,13,19H,5-9H2. The third kappa shape index (κ3) is 0.660. The molecule has 3 spiro atoms. The monoisotopic (exact) mass is 268 g/mol. The molecule has 3 saturated carbocycles. The van der Waals surface area contributed by atoms with Gasteiger partial charge in [-0.15, -0.1) is 0 Å². The van der Waals surface area contributed by atoms with Gasteiger partial charge in [-0.1, -0.05) is 24.3 Å². The summed E-state index contributed by atoms with van der Waals surface area (Å²) in [6.45, 7) is 0.353. The van der Waals surface area contributed by atoms with Gasteiger partial charge in [0.25, 0.3) is 0 Å². The summed E-state index contributed by atoms with van der Waals surface area (Å²) in [6.07, 6.45) is 4.54. The average molecular weight is 268 g/mol. The van der Waals surface area contributed by atoms with Gasteiger partial charge in [0.05, 0.1) is 12.5 Å². The molecule has 3 nitrogen and oxygen atoms in total. The van der Waals surface area contributed by atoms with E-state index < -0.39 is 11.2 Å². The third-order valence-electron chi connectivity index (χ3n) is 7.19. The van der Waals surface area contributed by atoms with Crippen molar-refractivity contribution in [2.75, 3.05) is 6.61 Å². The number of hydrogen-bond donors (Lipinski definition) is 1. The first-order valence-corrected chi connectivity index (χ1v) is 7.63. The lowest BCUT2D eigenvalue weighted by molar-refractivity contribution is -0.417. The highest BCUT2D eigenvalue weighted by Gasteiger charge is 2.97. The average Bonchev–Trinajstić information content (AvgIpc) is 3.32. The Morgan fingerprint density at radius 3 is 2.50 bits per heavy atom. The molecule has 3 atom stereocenters. The highest BCUT2D eigenvalue weighted by atomic mass is 16.6. The Labute approximate surface area is 116 Å². The molecule has 0 amide bonds. The van der Waals surface area contributed by atoms with Crippen molar-refractivity contribution >= 4 is 5.78 Å². The molecule has 3 unspecified atom stereocenters. The highest BCUT2D eigenvalue weighted by Crippen LogP contribution is 2.93. The summed E-state index contributed by atoms with van der Waals surface area (Å²) in [5.41, 5.74) is 0.330. The maximum atomic E-state index is 13.0. The molecular weight excluding hydrogens is 252 g/mol. The van der Waals surface area contributed by atoms with E-state index in [1.54, 1.807) is 0 Å². The SMILES string of the molecule is O=C1c2ccccc2C2(O)COC23C1C1(CC1)C31CC1. The van der Waals surface area contributed by atoms with Gasteiger partial charge in [0.2, 0.25) is 0 Å². The minimum absolute atomic E-state index is 0.0915. The zero-order chi connectivity index (χ0) is 13.4. The smallest absolute Gasteiger partial charge is 0.169 e. The Morgan fingerprint density at radius 2 is 1.90 bits per heavy atom. The molecule has 4 fully saturated rings. The topological polar surface area (TPSA) is 46.5 Å². The van der Waals surface area contributed by atoms with E-state index in [0.29, 0.717) is 6.61 Å². The molecule has 1 aromatic carbocycles. The molecule has 1 aromatic rings. The third-order valence-corrected chi connectivity index (χ3v) is 7.19. The molecule has 0 bridgehead atoms. The van der Waals surface area contributed by atoms with Crippen molar-refractivity contribution < 1.29 is 14.6 Å². The molecule has 1 heterocycles. The molecule has 4 aliphatic carbocycles. The molecule has 5 aliphatic rings. The van der Waals surface area contributed by atoms with E-state index in [9.17, 15) is 9.90 Å². The minimum atomic E-state index is -0.924. The van der Waals surface area contributed by atoms with Gasteiger partial charge < -0.3 is 9.84 Å². The number of Topliss-reactive ketones (excluding diaryl/α,β-unsaturated/α-hetero) is 1. The van der Waals surface area contributed by atoms with Gasteiger partial charge in [0, 0.05) is 11.0 Å². The zero-order valence-corrected chi connectivity index (χ0v) is 11.2. The fourth-order valence-corrected chi connectivity index (χ4v) is 6.28. The molecule has 1 saturated heterocycles. The van der Waals surface area contributed by atoms with Crippen LogP contribution in [-0.2, 0) is 10.3 Å². The molecule has 0 aromatic heterocycles. The Kier molecular flexibility index (Phi) is 1.32. The van der Waals surface area contributed by atoms with Crippen LogP contribution < -0.4 is 0 Å². The summed E-state index contributed by atoms with van der Waals surface area (Å²) < 4.78 is 6.03. The van der Waals surface area contributed by atoms with Crippen LogP contribution in [0.4, 0.5) is 0 Å². The molecule has 1 aliphatic heterocycles. The fraction of sp³-hybridized carbons (Fsp3) is 0.588. The molecule has 20 heavy (non-hydrogen) atoms. The second kappa shape index (κ2) is 2.51. The maximum absolute atomic E-state index is 13.0. The van der Waals surface area contributed by atoms with Gasteiger partial charge in [0.15, 0.2) is 5.78 Å². The Hall–Kier alpha value is -1.19. The molecular formula is C17H16O3. The van der Waals surface area contributed by atoms with E-state index in [4.69, 9.17) is 4.74 Å². The van der Waals surface area contributed by atoms with Crippen molar-refractivity contribution in [2.24, 2.45) is 16.7 Å².